The Hall–Kier alpha value is -1.93. The largest absolute Gasteiger partial charge is 0.365 e. The zero-order valence-electron chi connectivity index (χ0n) is 12.5. The molecule has 2 heteroatoms. The number of ketones is 1. The van der Waals surface area contributed by atoms with Gasteiger partial charge in [-0.2, -0.15) is 0 Å². The van der Waals surface area contributed by atoms with Crippen molar-refractivity contribution in [2.24, 2.45) is 0 Å². The van der Waals surface area contributed by atoms with Gasteiger partial charge in [0.2, 0.25) is 0 Å². The van der Waals surface area contributed by atoms with Crippen LogP contribution in [-0.2, 0) is 11.2 Å². The lowest BCUT2D eigenvalue weighted by Crippen LogP contribution is -2.23. The van der Waals surface area contributed by atoms with Crippen molar-refractivity contribution in [1.82, 2.24) is 0 Å². The van der Waals surface area contributed by atoms with Crippen LogP contribution in [0.2, 0.25) is 0 Å². The lowest BCUT2D eigenvalue weighted by Gasteiger charge is -2.25. The molecule has 0 N–H and O–H groups in total. The molecule has 0 spiro atoms. The fourth-order valence-electron chi connectivity index (χ4n) is 2.79. The highest BCUT2D eigenvalue weighted by atomic mass is 16.5. The molecule has 1 aliphatic heterocycles. The van der Waals surface area contributed by atoms with E-state index in [4.69, 9.17) is 4.74 Å². The Morgan fingerprint density at radius 2 is 1.81 bits per heavy atom. The van der Waals surface area contributed by atoms with Gasteiger partial charge in [-0.1, -0.05) is 62.4 Å². The van der Waals surface area contributed by atoms with Crippen molar-refractivity contribution in [3.8, 4) is 0 Å². The van der Waals surface area contributed by atoms with E-state index in [1.54, 1.807) is 0 Å². The van der Waals surface area contributed by atoms with Crippen LogP contribution < -0.4 is 0 Å². The second kappa shape index (κ2) is 5.82. The maximum absolute atomic E-state index is 12.7. The predicted molar refractivity (Wildman–Crippen MR) is 83.7 cm³/mol. The smallest absolute Gasteiger partial charge is 0.196 e. The summed E-state index contributed by atoms with van der Waals surface area (Å²) in [6, 6.07) is 16.0. The molecule has 2 nitrogen and oxygen atoms in total. The van der Waals surface area contributed by atoms with Gasteiger partial charge < -0.3 is 4.74 Å². The van der Waals surface area contributed by atoms with Gasteiger partial charge in [0.15, 0.2) is 5.78 Å². The highest BCUT2D eigenvalue weighted by Crippen LogP contribution is 2.30. The van der Waals surface area contributed by atoms with E-state index >= 15 is 0 Å². The second-order valence-corrected chi connectivity index (χ2v) is 5.84. The van der Waals surface area contributed by atoms with Crippen molar-refractivity contribution < 1.29 is 9.53 Å². The summed E-state index contributed by atoms with van der Waals surface area (Å²) in [6.45, 7) is 4.91. The van der Waals surface area contributed by atoms with Crippen molar-refractivity contribution in [3.05, 3.63) is 70.8 Å². The molecule has 0 bridgehead atoms. The molecule has 1 atom stereocenters. The van der Waals surface area contributed by atoms with E-state index in [0.717, 1.165) is 17.5 Å². The van der Waals surface area contributed by atoms with E-state index < -0.39 is 6.10 Å². The lowest BCUT2D eigenvalue weighted by atomic mass is 9.92. The average molecular weight is 280 g/mol. The number of Topliss-reactive ketones (excluding diaryl/α,β-unsaturated/α-hetero) is 1. The minimum atomic E-state index is -0.458. The van der Waals surface area contributed by atoms with Crippen LogP contribution in [0.3, 0.4) is 0 Å². The Morgan fingerprint density at radius 1 is 1.10 bits per heavy atom. The van der Waals surface area contributed by atoms with Gasteiger partial charge in [0.25, 0.3) is 0 Å². The molecule has 3 rings (SSSR count). The molecule has 0 aliphatic carbocycles. The molecule has 0 aromatic heterocycles. The third-order valence-corrected chi connectivity index (χ3v) is 4.09. The molecule has 0 amide bonds. The highest BCUT2D eigenvalue weighted by Gasteiger charge is 2.27. The molecule has 0 saturated heterocycles. The predicted octanol–water partition coefficient (Wildman–Crippen LogP) is 4.31. The molecule has 1 aliphatic rings. The molecule has 0 fully saturated rings. The van der Waals surface area contributed by atoms with Crippen LogP contribution in [-0.4, -0.2) is 12.4 Å². The molecule has 21 heavy (non-hydrogen) atoms. The monoisotopic (exact) mass is 280 g/mol. The standard InChI is InChI=1S/C19H20O2/c1-13(2)14-7-9-16(10-8-14)18(20)19-17-6-4-3-5-15(17)11-12-21-19/h3-10,13,19H,11-12H2,1-2H3. The summed E-state index contributed by atoms with van der Waals surface area (Å²) in [4.78, 5) is 12.7. The molecule has 1 heterocycles. The van der Waals surface area contributed by atoms with E-state index in [1.807, 2.05) is 42.5 Å². The first-order valence-corrected chi connectivity index (χ1v) is 7.50. The Morgan fingerprint density at radius 3 is 2.52 bits per heavy atom. The summed E-state index contributed by atoms with van der Waals surface area (Å²) >= 11 is 0. The molecule has 108 valence electrons. The van der Waals surface area contributed by atoms with Gasteiger partial charge in [-0.05, 0) is 29.0 Å². The summed E-state index contributed by atoms with van der Waals surface area (Å²) in [5.41, 5.74) is 4.21. The van der Waals surface area contributed by atoms with Gasteiger partial charge in [-0.15, -0.1) is 0 Å². The van der Waals surface area contributed by atoms with E-state index in [9.17, 15) is 4.79 Å². The first-order valence-electron chi connectivity index (χ1n) is 7.50. The SMILES string of the molecule is CC(C)c1ccc(C(=O)C2OCCc3ccccc32)cc1. The number of benzene rings is 2. The third kappa shape index (κ3) is 2.77. The zero-order valence-corrected chi connectivity index (χ0v) is 12.5. The van der Waals surface area contributed by atoms with E-state index in [2.05, 4.69) is 19.9 Å². The molecule has 0 radical (unpaired) electrons. The fourth-order valence-corrected chi connectivity index (χ4v) is 2.79. The minimum Gasteiger partial charge on any atom is -0.365 e. The van der Waals surface area contributed by atoms with Crippen molar-refractivity contribution in [3.63, 3.8) is 0 Å². The molecule has 0 saturated carbocycles. The third-order valence-electron chi connectivity index (χ3n) is 4.09. The molecular formula is C19H20O2. The van der Waals surface area contributed by atoms with E-state index in [-0.39, 0.29) is 5.78 Å². The van der Waals surface area contributed by atoms with Crippen LogP contribution in [0, 0.1) is 0 Å². The normalized spacial score (nSPS) is 17.6. The Bertz CT molecular complexity index is 641. The van der Waals surface area contributed by atoms with Crippen LogP contribution in [0.5, 0.6) is 0 Å². The Labute approximate surface area is 125 Å². The van der Waals surface area contributed by atoms with Gasteiger partial charge in [-0.25, -0.2) is 0 Å². The van der Waals surface area contributed by atoms with Gasteiger partial charge in [0, 0.05) is 5.56 Å². The number of ether oxygens (including phenoxy) is 1. The lowest BCUT2D eigenvalue weighted by molar-refractivity contribution is 0.0349. The van der Waals surface area contributed by atoms with Crippen LogP contribution >= 0.6 is 0 Å². The topological polar surface area (TPSA) is 26.3 Å². The molecule has 2 aromatic rings. The van der Waals surface area contributed by atoms with Gasteiger partial charge >= 0.3 is 0 Å². The van der Waals surface area contributed by atoms with Crippen molar-refractivity contribution in [1.29, 1.82) is 0 Å². The number of hydrogen-bond donors (Lipinski definition) is 0. The second-order valence-electron chi connectivity index (χ2n) is 5.84. The number of rotatable bonds is 3. The fraction of sp³-hybridized carbons (Fsp3) is 0.316. The highest BCUT2D eigenvalue weighted by molar-refractivity contribution is 6.00. The van der Waals surface area contributed by atoms with Crippen LogP contribution in [0.25, 0.3) is 0 Å². The van der Waals surface area contributed by atoms with Crippen molar-refractivity contribution in [2.75, 3.05) is 6.61 Å². The molecule has 1 unspecified atom stereocenters. The number of carbonyl (C=O) groups is 1. The Balaban J connectivity index is 1.89. The first kappa shape index (κ1) is 14.0. The van der Waals surface area contributed by atoms with Gasteiger partial charge in [-0.3, -0.25) is 4.79 Å². The maximum atomic E-state index is 12.7. The van der Waals surface area contributed by atoms with Crippen LogP contribution in [0.1, 0.15) is 52.9 Å². The Kier molecular flexibility index (Phi) is 3.89. The number of hydrogen-bond acceptors (Lipinski definition) is 2. The zero-order chi connectivity index (χ0) is 14.8. The quantitative estimate of drug-likeness (QED) is 0.783. The summed E-state index contributed by atoms with van der Waals surface area (Å²) in [7, 11) is 0. The molecular weight excluding hydrogens is 260 g/mol. The average Bonchev–Trinajstić information content (AvgIpc) is 2.53. The summed E-state index contributed by atoms with van der Waals surface area (Å²) in [5, 5.41) is 0. The van der Waals surface area contributed by atoms with Gasteiger partial charge in [0.1, 0.15) is 6.10 Å². The number of fused-ring (bicyclic) bond motifs is 1. The van der Waals surface area contributed by atoms with Crippen LogP contribution in [0.15, 0.2) is 48.5 Å². The van der Waals surface area contributed by atoms with Crippen molar-refractivity contribution in [2.45, 2.75) is 32.3 Å². The summed E-state index contributed by atoms with van der Waals surface area (Å²) in [6.07, 6.45) is 0.423. The molecule has 2 aromatic carbocycles. The maximum Gasteiger partial charge on any atom is 0.196 e. The summed E-state index contributed by atoms with van der Waals surface area (Å²) in [5.74, 6) is 0.526. The minimum absolute atomic E-state index is 0.0532. The summed E-state index contributed by atoms with van der Waals surface area (Å²) < 4.78 is 5.75. The van der Waals surface area contributed by atoms with Crippen molar-refractivity contribution >= 4 is 5.78 Å². The first-order chi connectivity index (χ1) is 10.2. The van der Waals surface area contributed by atoms with Gasteiger partial charge in [0.05, 0.1) is 6.61 Å². The van der Waals surface area contributed by atoms with Crippen LogP contribution in [0.4, 0.5) is 0 Å². The van der Waals surface area contributed by atoms with E-state index in [0.29, 0.717) is 12.5 Å². The number of carbonyl (C=O) groups excluding carboxylic acids is 1. The van der Waals surface area contributed by atoms with E-state index in [1.165, 1.54) is 11.1 Å².